The molecule has 1 saturated heterocycles. The Balaban J connectivity index is 1.47. The number of aryl methyl sites for hydroxylation is 4. The van der Waals surface area contributed by atoms with Crippen molar-refractivity contribution in [3.63, 3.8) is 0 Å². The van der Waals surface area contributed by atoms with Crippen molar-refractivity contribution in [2.24, 2.45) is 13.0 Å². The van der Waals surface area contributed by atoms with Gasteiger partial charge in [-0.3, -0.25) is 14.3 Å². The molecule has 0 unspecified atom stereocenters. The Labute approximate surface area is 168 Å². The van der Waals surface area contributed by atoms with Crippen LogP contribution in [0.4, 0.5) is 5.82 Å². The molecule has 0 saturated carbocycles. The van der Waals surface area contributed by atoms with Gasteiger partial charge in [0.15, 0.2) is 11.5 Å². The van der Waals surface area contributed by atoms with Crippen molar-refractivity contribution in [1.29, 1.82) is 0 Å². The molecule has 4 heterocycles. The topological polar surface area (TPSA) is 106 Å². The van der Waals surface area contributed by atoms with Crippen molar-refractivity contribution in [1.82, 2.24) is 24.8 Å². The van der Waals surface area contributed by atoms with Gasteiger partial charge in [-0.05, 0) is 39.7 Å². The summed E-state index contributed by atoms with van der Waals surface area (Å²) < 4.78 is 6.68. The molecular weight excluding hydrogens is 372 g/mol. The zero-order chi connectivity index (χ0) is 20.7. The van der Waals surface area contributed by atoms with E-state index in [4.69, 9.17) is 4.52 Å². The van der Waals surface area contributed by atoms with Gasteiger partial charge in [0.2, 0.25) is 5.91 Å². The van der Waals surface area contributed by atoms with Gasteiger partial charge in [-0.2, -0.15) is 5.10 Å². The molecule has 3 aromatic heterocycles. The lowest BCUT2D eigenvalue weighted by molar-refractivity contribution is -0.121. The second-order valence-electron chi connectivity index (χ2n) is 7.60. The van der Waals surface area contributed by atoms with Crippen LogP contribution in [0.15, 0.2) is 16.7 Å². The number of pyridine rings is 1. The monoisotopic (exact) mass is 396 g/mol. The maximum absolute atomic E-state index is 13.2. The third kappa shape index (κ3) is 3.59. The Kier molecular flexibility index (Phi) is 4.81. The lowest BCUT2D eigenvalue weighted by Crippen LogP contribution is -2.41. The van der Waals surface area contributed by atoms with E-state index in [1.165, 1.54) is 0 Å². The van der Waals surface area contributed by atoms with Crippen molar-refractivity contribution in [3.8, 4) is 0 Å². The number of amides is 2. The van der Waals surface area contributed by atoms with E-state index in [1.54, 1.807) is 17.7 Å². The van der Waals surface area contributed by atoms with Crippen LogP contribution in [0.25, 0.3) is 11.0 Å². The number of hydrogen-bond acceptors (Lipinski definition) is 6. The molecule has 1 fully saturated rings. The summed E-state index contributed by atoms with van der Waals surface area (Å²) in [6, 6.07) is 3.51. The highest BCUT2D eigenvalue weighted by atomic mass is 16.5. The van der Waals surface area contributed by atoms with Crippen LogP contribution in [0.2, 0.25) is 0 Å². The Bertz CT molecular complexity index is 1090. The fraction of sp³-hybridized carbons (Fsp3) is 0.450. The van der Waals surface area contributed by atoms with Crippen LogP contribution in [0, 0.1) is 26.7 Å². The summed E-state index contributed by atoms with van der Waals surface area (Å²) in [4.78, 5) is 32.0. The number of nitrogens with zero attached hydrogens (tertiary/aromatic N) is 5. The summed E-state index contributed by atoms with van der Waals surface area (Å²) in [5.41, 5.74) is 2.90. The minimum atomic E-state index is -0.157. The number of anilines is 1. The molecular formula is C20H24N6O3. The van der Waals surface area contributed by atoms with Crippen molar-refractivity contribution >= 4 is 28.7 Å². The quantitative estimate of drug-likeness (QED) is 0.728. The lowest BCUT2D eigenvalue weighted by Gasteiger charge is -2.31. The number of carbonyl (C=O) groups is 2. The van der Waals surface area contributed by atoms with Gasteiger partial charge in [-0.15, -0.1) is 0 Å². The summed E-state index contributed by atoms with van der Waals surface area (Å²) in [6.07, 6.45) is 1.21. The molecule has 3 aromatic rings. The summed E-state index contributed by atoms with van der Waals surface area (Å²) in [6.45, 7) is 6.58. The molecule has 4 rings (SSSR count). The molecule has 1 aliphatic rings. The maximum Gasteiger partial charge on any atom is 0.254 e. The average molecular weight is 396 g/mol. The molecule has 1 N–H and O–H groups in total. The molecule has 1 aliphatic heterocycles. The summed E-state index contributed by atoms with van der Waals surface area (Å²) in [5.74, 6) is 0.784. The molecule has 0 spiro atoms. The van der Waals surface area contributed by atoms with Crippen molar-refractivity contribution in [3.05, 3.63) is 34.8 Å². The number of rotatable bonds is 3. The number of hydrogen-bond donors (Lipinski definition) is 1. The molecule has 0 radical (unpaired) electrons. The van der Waals surface area contributed by atoms with Gasteiger partial charge in [-0.1, -0.05) is 5.16 Å². The SMILES string of the molecule is Cc1cc(C(=O)N2CCC(C(=O)Nc3cc(C)on3)CC2)c2c(C)nn(C)c2n1. The van der Waals surface area contributed by atoms with Crippen molar-refractivity contribution in [2.45, 2.75) is 33.6 Å². The maximum atomic E-state index is 13.2. The van der Waals surface area contributed by atoms with E-state index in [1.807, 2.05) is 31.9 Å². The predicted molar refractivity (Wildman–Crippen MR) is 106 cm³/mol. The van der Waals surface area contributed by atoms with Gasteiger partial charge < -0.3 is 14.7 Å². The molecule has 152 valence electrons. The standard InChI is InChI=1S/C20H24N6O3/c1-11-9-15(17-13(3)23-25(4)18(17)21-11)20(28)26-7-5-14(6-8-26)19(27)22-16-10-12(2)29-24-16/h9-10,14H,5-8H2,1-4H3,(H,22,24,27). The van der Waals surface area contributed by atoms with Crippen LogP contribution in [0.1, 0.15) is 40.3 Å². The number of carbonyl (C=O) groups excluding carboxylic acids is 2. The Hall–Kier alpha value is -3.23. The zero-order valence-electron chi connectivity index (χ0n) is 17.0. The first kappa shape index (κ1) is 19.1. The normalized spacial score (nSPS) is 15.1. The largest absolute Gasteiger partial charge is 0.360 e. The number of piperidine rings is 1. The number of fused-ring (bicyclic) bond motifs is 1. The lowest BCUT2D eigenvalue weighted by atomic mass is 9.95. The van der Waals surface area contributed by atoms with E-state index in [2.05, 4.69) is 20.6 Å². The summed E-state index contributed by atoms with van der Waals surface area (Å²) in [5, 5.41) is 11.8. The third-order valence-electron chi connectivity index (χ3n) is 5.36. The van der Waals surface area contributed by atoms with Gasteiger partial charge in [0.1, 0.15) is 5.76 Å². The fourth-order valence-electron chi connectivity index (χ4n) is 3.91. The highest BCUT2D eigenvalue weighted by molar-refractivity contribution is 6.06. The minimum absolute atomic E-state index is 0.0393. The van der Waals surface area contributed by atoms with Gasteiger partial charge >= 0.3 is 0 Å². The second-order valence-corrected chi connectivity index (χ2v) is 7.60. The smallest absolute Gasteiger partial charge is 0.254 e. The molecule has 9 nitrogen and oxygen atoms in total. The molecule has 0 bridgehead atoms. The van der Waals surface area contributed by atoms with Crippen molar-refractivity contribution in [2.75, 3.05) is 18.4 Å². The second kappa shape index (κ2) is 7.31. The van der Waals surface area contributed by atoms with E-state index in [0.29, 0.717) is 48.7 Å². The first-order chi connectivity index (χ1) is 13.8. The van der Waals surface area contributed by atoms with E-state index in [9.17, 15) is 9.59 Å². The summed E-state index contributed by atoms with van der Waals surface area (Å²) >= 11 is 0. The van der Waals surface area contributed by atoms with Gasteiger partial charge in [0.25, 0.3) is 5.91 Å². The highest BCUT2D eigenvalue weighted by Gasteiger charge is 2.30. The minimum Gasteiger partial charge on any atom is -0.360 e. The number of nitrogens with one attached hydrogen (secondary N) is 1. The molecule has 2 amide bonds. The molecule has 0 atom stereocenters. The van der Waals surface area contributed by atoms with Crippen LogP contribution in [0.3, 0.4) is 0 Å². The molecule has 29 heavy (non-hydrogen) atoms. The fourth-order valence-corrected chi connectivity index (χ4v) is 3.91. The number of aromatic nitrogens is 4. The summed E-state index contributed by atoms with van der Waals surface area (Å²) in [7, 11) is 1.83. The zero-order valence-corrected chi connectivity index (χ0v) is 17.0. The first-order valence-electron chi connectivity index (χ1n) is 9.68. The Morgan fingerprint density at radius 1 is 1.17 bits per heavy atom. The van der Waals surface area contributed by atoms with Crippen LogP contribution < -0.4 is 5.32 Å². The average Bonchev–Trinajstić information content (AvgIpc) is 3.23. The predicted octanol–water partition coefficient (Wildman–Crippen LogP) is 2.37. The van der Waals surface area contributed by atoms with E-state index >= 15 is 0 Å². The van der Waals surface area contributed by atoms with Crippen LogP contribution in [0.5, 0.6) is 0 Å². The molecule has 9 heteroatoms. The van der Waals surface area contributed by atoms with E-state index in [-0.39, 0.29) is 17.7 Å². The molecule has 0 aromatic carbocycles. The Morgan fingerprint density at radius 3 is 2.55 bits per heavy atom. The van der Waals surface area contributed by atoms with Gasteiger partial charge in [0, 0.05) is 37.8 Å². The van der Waals surface area contributed by atoms with Crippen molar-refractivity contribution < 1.29 is 14.1 Å². The first-order valence-corrected chi connectivity index (χ1v) is 9.68. The molecule has 0 aliphatic carbocycles. The van der Waals surface area contributed by atoms with E-state index in [0.717, 1.165) is 16.8 Å². The van der Waals surface area contributed by atoms with Gasteiger partial charge in [-0.25, -0.2) is 4.98 Å². The Morgan fingerprint density at radius 2 is 1.90 bits per heavy atom. The third-order valence-corrected chi connectivity index (χ3v) is 5.36. The van der Waals surface area contributed by atoms with Crippen LogP contribution >= 0.6 is 0 Å². The van der Waals surface area contributed by atoms with Gasteiger partial charge in [0.05, 0.1) is 16.6 Å². The van der Waals surface area contributed by atoms with E-state index < -0.39 is 0 Å². The van der Waals surface area contributed by atoms with Crippen LogP contribution in [-0.2, 0) is 11.8 Å². The number of likely N-dealkylation sites (tertiary alicyclic amines) is 1. The van der Waals surface area contributed by atoms with Crippen LogP contribution in [-0.4, -0.2) is 49.7 Å². The highest BCUT2D eigenvalue weighted by Crippen LogP contribution is 2.26.